The number of hydrogen-bond donors (Lipinski definition) is 7. The predicted octanol–water partition coefficient (Wildman–Crippen LogP) is 8.00. The van der Waals surface area contributed by atoms with Gasteiger partial charge in [0.15, 0.2) is 11.5 Å². The molecular formula is C50H65N2O8-. The molecule has 1 aliphatic heterocycles. The molecule has 3 aromatic carbocycles. The van der Waals surface area contributed by atoms with E-state index in [-0.39, 0.29) is 58.7 Å². The third-order valence-electron chi connectivity index (χ3n) is 15.2. The Hall–Kier alpha value is -4.06. The summed E-state index contributed by atoms with van der Waals surface area (Å²) in [5.41, 5.74) is 5.51. The molecule has 1 aromatic heterocycles. The van der Waals surface area contributed by atoms with Gasteiger partial charge >= 0.3 is 0 Å². The highest BCUT2D eigenvalue weighted by Crippen LogP contribution is 2.54. The summed E-state index contributed by atoms with van der Waals surface area (Å²) in [6.45, 7) is 0.404. The Bertz CT molecular complexity index is 2030. The third-order valence-corrected chi connectivity index (χ3v) is 15.2. The SMILES string of the molecule is CNCCC1CCC(C(O)CC2(c3ccccc3)CCCC2)C(c2cc(C3CCC4C(O)CC(c5c(CO)c(O)c(O)c(OC)c5Cc5cc[n-]c5)OC4C3)ccc2O)C1. The average molecular weight is 822 g/mol. The Balaban J connectivity index is 1.07. The van der Waals surface area contributed by atoms with E-state index in [1.807, 2.05) is 25.2 Å². The highest BCUT2D eigenvalue weighted by molar-refractivity contribution is 5.64. The average Bonchev–Trinajstić information content (AvgIpc) is 3.97. The van der Waals surface area contributed by atoms with Gasteiger partial charge in [0.2, 0.25) is 5.75 Å². The zero-order valence-corrected chi connectivity index (χ0v) is 35.3. The number of ether oxygens (including phenoxy) is 2. The van der Waals surface area contributed by atoms with E-state index in [0.29, 0.717) is 29.9 Å². The lowest BCUT2D eigenvalue weighted by Gasteiger charge is -2.46. The molecule has 4 aromatic rings. The number of aromatic hydroxyl groups is 3. The smallest absolute Gasteiger partial charge is 0.201 e. The number of nitrogens with zero attached hydrogens (tertiary/aromatic N) is 1. The fraction of sp³-hybridized carbons (Fsp3) is 0.560. The number of benzene rings is 3. The molecule has 3 saturated carbocycles. The van der Waals surface area contributed by atoms with Gasteiger partial charge < -0.3 is 50.4 Å². The van der Waals surface area contributed by atoms with Crippen LogP contribution in [0.1, 0.15) is 140 Å². The molecule has 9 atom stereocenters. The van der Waals surface area contributed by atoms with Crippen molar-refractivity contribution >= 4 is 0 Å². The number of hydrogen-bond acceptors (Lipinski definition) is 9. The molecule has 4 fully saturated rings. The molecule has 2 heterocycles. The Morgan fingerprint density at radius 3 is 2.45 bits per heavy atom. The van der Waals surface area contributed by atoms with Crippen molar-refractivity contribution in [1.29, 1.82) is 0 Å². The van der Waals surface area contributed by atoms with Crippen LogP contribution in [-0.4, -0.2) is 69.7 Å². The summed E-state index contributed by atoms with van der Waals surface area (Å²) >= 11 is 0. The number of aliphatic hydroxyl groups is 3. The molecule has 10 nitrogen and oxygen atoms in total. The van der Waals surface area contributed by atoms with E-state index >= 15 is 0 Å². The quantitative estimate of drug-likeness (QED) is 0.0620. The van der Waals surface area contributed by atoms with Crippen LogP contribution in [0, 0.1) is 17.8 Å². The van der Waals surface area contributed by atoms with Gasteiger partial charge in [-0.25, -0.2) is 0 Å². The highest BCUT2D eigenvalue weighted by atomic mass is 16.5. The molecule has 60 heavy (non-hydrogen) atoms. The summed E-state index contributed by atoms with van der Waals surface area (Å²) in [4.78, 5) is 4.20. The molecule has 7 N–H and O–H groups in total. The Kier molecular flexibility index (Phi) is 13.1. The van der Waals surface area contributed by atoms with Crippen molar-refractivity contribution in [2.24, 2.45) is 17.8 Å². The van der Waals surface area contributed by atoms with Gasteiger partial charge in [-0.3, -0.25) is 0 Å². The minimum atomic E-state index is -0.676. The van der Waals surface area contributed by atoms with Gasteiger partial charge in [-0.2, -0.15) is 12.4 Å². The van der Waals surface area contributed by atoms with E-state index in [1.165, 1.54) is 25.5 Å². The summed E-state index contributed by atoms with van der Waals surface area (Å²) < 4.78 is 12.6. The first kappa shape index (κ1) is 42.6. The van der Waals surface area contributed by atoms with Crippen LogP contribution in [0.5, 0.6) is 23.0 Å². The molecule has 8 rings (SSSR count). The van der Waals surface area contributed by atoms with Crippen LogP contribution in [0.3, 0.4) is 0 Å². The number of fused-ring (bicyclic) bond motifs is 1. The van der Waals surface area contributed by atoms with Crippen molar-refractivity contribution in [3.8, 4) is 23.0 Å². The second-order valence-electron chi connectivity index (χ2n) is 18.5. The molecule has 9 unspecified atom stereocenters. The van der Waals surface area contributed by atoms with E-state index < -0.39 is 36.4 Å². The number of aromatic nitrogens is 1. The van der Waals surface area contributed by atoms with Gasteiger partial charge in [0, 0.05) is 23.5 Å². The Morgan fingerprint density at radius 1 is 0.933 bits per heavy atom. The molecule has 3 aliphatic carbocycles. The van der Waals surface area contributed by atoms with Gasteiger partial charge in [-0.05, 0) is 142 Å². The molecular weight excluding hydrogens is 757 g/mol. The van der Waals surface area contributed by atoms with Crippen molar-refractivity contribution in [1.82, 2.24) is 10.3 Å². The van der Waals surface area contributed by atoms with Crippen molar-refractivity contribution in [2.75, 3.05) is 20.7 Å². The predicted molar refractivity (Wildman–Crippen MR) is 231 cm³/mol. The van der Waals surface area contributed by atoms with E-state index in [0.717, 1.165) is 81.0 Å². The number of aliphatic hydroxyl groups excluding tert-OH is 3. The van der Waals surface area contributed by atoms with Crippen LogP contribution >= 0.6 is 0 Å². The molecule has 0 spiro atoms. The monoisotopic (exact) mass is 821 g/mol. The molecule has 1 saturated heterocycles. The maximum atomic E-state index is 12.3. The maximum Gasteiger partial charge on any atom is 0.201 e. The normalized spacial score (nSPS) is 28.3. The number of rotatable bonds is 14. The third kappa shape index (κ3) is 8.43. The van der Waals surface area contributed by atoms with E-state index in [2.05, 4.69) is 46.7 Å². The van der Waals surface area contributed by atoms with Crippen molar-refractivity contribution in [3.63, 3.8) is 0 Å². The van der Waals surface area contributed by atoms with Crippen LogP contribution in [0.2, 0.25) is 0 Å². The first-order valence-electron chi connectivity index (χ1n) is 22.5. The van der Waals surface area contributed by atoms with Crippen molar-refractivity contribution in [3.05, 3.63) is 106 Å². The van der Waals surface area contributed by atoms with Gasteiger partial charge in [0.1, 0.15) is 5.75 Å². The second-order valence-corrected chi connectivity index (χ2v) is 18.5. The lowest BCUT2D eigenvalue weighted by molar-refractivity contribution is -0.154. The highest BCUT2D eigenvalue weighted by Gasteiger charge is 2.46. The maximum absolute atomic E-state index is 12.3. The lowest BCUT2D eigenvalue weighted by Crippen LogP contribution is -2.44. The number of phenolic OH excluding ortho intramolecular Hbond substituents is 2. The molecule has 324 valence electrons. The first-order chi connectivity index (χ1) is 29.1. The molecule has 4 aliphatic rings. The van der Waals surface area contributed by atoms with Gasteiger partial charge in [-0.15, -0.1) is 0 Å². The Morgan fingerprint density at radius 2 is 1.73 bits per heavy atom. The summed E-state index contributed by atoms with van der Waals surface area (Å²) in [7, 11) is 3.43. The van der Waals surface area contributed by atoms with Crippen LogP contribution in [-0.2, 0) is 23.2 Å². The van der Waals surface area contributed by atoms with Crippen molar-refractivity contribution < 1.29 is 40.1 Å². The van der Waals surface area contributed by atoms with E-state index in [9.17, 15) is 30.6 Å². The fourth-order valence-electron chi connectivity index (χ4n) is 12.1. The first-order valence-corrected chi connectivity index (χ1v) is 22.5. The van der Waals surface area contributed by atoms with Gasteiger partial charge in [0.05, 0.1) is 38.1 Å². The summed E-state index contributed by atoms with van der Waals surface area (Å²) in [6.07, 6.45) is 13.4. The van der Waals surface area contributed by atoms with Crippen molar-refractivity contribution in [2.45, 2.75) is 138 Å². The van der Waals surface area contributed by atoms with Gasteiger partial charge in [0.25, 0.3) is 0 Å². The van der Waals surface area contributed by atoms with Crippen LogP contribution in [0.25, 0.3) is 0 Å². The largest absolute Gasteiger partial charge is 0.670 e. The van der Waals surface area contributed by atoms with E-state index in [1.54, 1.807) is 12.4 Å². The van der Waals surface area contributed by atoms with E-state index in [4.69, 9.17) is 9.47 Å². The topological polar surface area (TPSA) is 166 Å². The Labute approximate surface area is 355 Å². The lowest BCUT2D eigenvalue weighted by atomic mass is 9.64. The minimum Gasteiger partial charge on any atom is -0.670 e. The minimum absolute atomic E-state index is 0.0170. The number of methoxy groups -OCH3 is 1. The summed E-state index contributed by atoms with van der Waals surface area (Å²) in [5, 5.41) is 71.7. The van der Waals surface area contributed by atoms with Crippen LogP contribution < -0.4 is 15.0 Å². The zero-order chi connectivity index (χ0) is 42.0. The van der Waals surface area contributed by atoms with Crippen LogP contribution in [0.15, 0.2) is 67.0 Å². The second kappa shape index (κ2) is 18.5. The number of nitrogens with one attached hydrogen (secondary N) is 1. The summed E-state index contributed by atoms with van der Waals surface area (Å²) in [6, 6.07) is 18.8. The number of phenols is 3. The standard InChI is InChI=1S/C50H65N2O8/c1-51-20-16-30-10-13-35(43(56)27-50(18-6-7-19-50)34-8-4-3-5-9-34)37(22-30)38-24-32(12-15-41(38)54)33-11-14-36-42(55)26-45(60-44(36)25-33)46-39(23-31-17-21-52-28-31)49(59-2)48(58)47(57)40(46)29-53/h3-5,8-9,12,15,17,21,24,28,30,33,35-37,42-45,51,53-58H,6-7,10-11,13-14,16,18-20,22-23,25-27,29H2,1-2H3/q-1. The molecule has 0 bridgehead atoms. The van der Waals surface area contributed by atoms with Crippen LogP contribution in [0.4, 0.5) is 0 Å². The van der Waals surface area contributed by atoms with Gasteiger partial charge in [-0.1, -0.05) is 66.9 Å². The fourth-order valence-corrected chi connectivity index (χ4v) is 12.1. The molecule has 10 heteroatoms. The molecule has 0 radical (unpaired) electrons. The zero-order valence-electron chi connectivity index (χ0n) is 35.3. The summed E-state index contributed by atoms with van der Waals surface area (Å²) in [5.74, 6) is 0.0747. The molecule has 0 amide bonds.